The number of nitrogens with zero attached hydrogens (tertiary/aromatic N) is 1. The largest absolute Gasteiger partial charge is 0.493 e. The fourth-order valence-electron chi connectivity index (χ4n) is 3.76. The van der Waals surface area contributed by atoms with Gasteiger partial charge in [0, 0.05) is 13.1 Å². The first-order valence-corrected chi connectivity index (χ1v) is 9.30. The van der Waals surface area contributed by atoms with Crippen molar-refractivity contribution < 1.29 is 18.6 Å². The SMILES string of the molecule is COc1cc(CNCC(c2ccco2)N2CCCCC2)cc2c1OCO2. The van der Waals surface area contributed by atoms with Gasteiger partial charge in [0.15, 0.2) is 11.5 Å². The highest BCUT2D eigenvalue weighted by atomic mass is 16.7. The molecule has 0 bridgehead atoms. The Kier molecular flexibility index (Phi) is 5.32. The molecule has 140 valence electrons. The van der Waals surface area contributed by atoms with Crippen molar-refractivity contribution in [3.63, 3.8) is 0 Å². The molecule has 0 amide bonds. The van der Waals surface area contributed by atoms with Crippen LogP contribution in [-0.2, 0) is 6.54 Å². The van der Waals surface area contributed by atoms with Crippen LogP contribution in [0.3, 0.4) is 0 Å². The van der Waals surface area contributed by atoms with Gasteiger partial charge in [0.1, 0.15) is 5.76 Å². The van der Waals surface area contributed by atoms with Crippen LogP contribution in [-0.4, -0.2) is 38.4 Å². The second-order valence-electron chi connectivity index (χ2n) is 6.79. The molecule has 0 spiro atoms. The molecular formula is C20H26N2O4. The highest BCUT2D eigenvalue weighted by Gasteiger charge is 2.24. The van der Waals surface area contributed by atoms with Crippen molar-refractivity contribution in [2.75, 3.05) is 33.5 Å². The molecule has 1 N–H and O–H groups in total. The first-order chi connectivity index (χ1) is 12.8. The number of nitrogens with one attached hydrogen (secondary N) is 1. The minimum absolute atomic E-state index is 0.248. The number of furan rings is 1. The molecule has 1 aromatic heterocycles. The van der Waals surface area contributed by atoms with Crippen LogP contribution in [0.1, 0.15) is 36.6 Å². The van der Waals surface area contributed by atoms with Crippen LogP contribution in [0.4, 0.5) is 0 Å². The van der Waals surface area contributed by atoms with E-state index in [4.69, 9.17) is 18.6 Å². The number of ether oxygens (including phenoxy) is 3. The number of fused-ring (bicyclic) bond motifs is 1. The average Bonchev–Trinajstić information content (AvgIpc) is 3.37. The predicted octanol–water partition coefficient (Wildman–Crippen LogP) is 3.33. The summed E-state index contributed by atoms with van der Waals surface area (Å²) in [5.74, 6) is 3.19. The van der Waals surface area contributed by atoms with E-state index in [1.165, 1.54) is 19.3 Å². The Morgan fingerprint density at radius 1 is 1.19 bits per heavy atom. The first-order valence-electron chi connectivity index (χ1n) is 9.30. The van der Waals surface area contributed by atoms with E-state index in [0.29, 0.717) is 5.75 Å². The molecule has 26 heavy (non-hydrogen) atoms. The lowest BCUT2D eigenvalue weighted by atomic mass is 10.1. The Morgan fingerprint density at radius 3 is 2.85 bits per heavy atom. The third-order valence-electron chi connectivity index (χ3n) is 5.09. The number of methoxy groups -OCH3 is 1. The average molecular weight is 358 g/mol. The molecule has 1 fully saturated rings. The number of hydrogen-bond donors (Lipinski definition) is 1. The van der Waals surface area contributed by atoms with Crippen molar-refractivity contribution in [1.29, 1.82) is 0 Å². The molecule has 4 rings (SSSR count). The minimum atomic E-state index is 0.248. The Labute approximate surface area is 154 Å². The van der Waals surface area contributed by atoms with Crippen molar-refractivity contribution in [3.05, 3.63) is 41.9 Å². The van der Waals surface area contributed by atoms with Crippen molar-refractivity contribution in [3.8, 4) is 17.2 Å². The lowest BCUT2D eigenvalue weighted by Gasteiger charge is -2.33. The Balaban J connectivity index is 1.42. The molecule has 6 nitrogen and oxygen atoms in total. The topological polar surface area (TPSA) is 56.1 Å². The summed E-state index contributed by atoms with van der Waals surface area (Å²) < 4.78 is 22.1. The van der Waals surface area contributed by atoms with Crippen molar-refractivity contribution in [1.82, 2.24) is 10.2 Å². The molecular weight excluding hydrogens is 332 g/mol. The monoisotopic (exact) mass is 358 g/mol. The summed E-state index contributed by atoms with van der Waals surface area (Å²) in [7, 11) is 1.65. The van der Waals surface area contributed by atoms with Gasteiger partial charge < -0.3 is 23.9 Å². The van der Waals surface area contributed by atoms with Gasteiger partial charge in [-0.1, -0.05) is 6.42 Å². The van der Waals surface area contributed by atoms with Gasteiger partial charge in [-0.2, -0.15) is 0 Å². The number of benzene rings is 1. The molecule has 0 aliphatic carbocycles. The lowest BCUT2D eigenvalue weighted by Crippen LogP contribution is -2.38. The van der Waals surface area contributed by atoms with Crippen LogP contribution in [0.25, 0.3) is 0 Å². The van der Waals surface area contributed by atoms with Crippen molar-refractivity contribution in [2.24, 2.45) is 0 Å². The molecule has 2 aliphatic rings. The molecule has 1 unspecified atom stereocenters. The van der Waals surface area contributed by atoms with Gasteiger partial charge in [0.05, 0.1) is 19.4 Å². The van der Waals surface area contributed by atoms with E-state index in [1.807, 2.05) is 18.2 Å². The fourth-order valence-corrected chi connectivity index (χ4v) is 3.76. The van der Waals surface area contributed by atoms with Gasteiger partial charge in [-0.05, 0) is 55.8 Å². The molecule has 0 radical (unpaired) electrons. The van der Waals surface area contributed by atoms with Crippen LogP contribution < -0.4 is 19.5 Å². The summed E-state index contributed by atoms with van der Waals surface area (Å²) >= 11 is 0. The van der Waals surface area contributed by atoms with E-state index < -0.39 is 0 Å². The number of piperidine rings is 1. The summed E-state index contributed by atoms with van der Waals surface area (Å²) in [4.78, 5) is 2.52. The maximum absolute atomic E-state index is 5.71. The van der Waals surface area contributed by atoms with Crippen LogP contribution in [0.5, 0.6) is 17.2 Å². The first kappa shape index (κ1) is 17.2. The van der Waals surface area contributed by atoms with Gasteiger partial charge in [0.25, 0.3) is 0 Å². The molecule has 3 heterocycles. The predicted molar refractivity (Wildman–Crippen MR) is 97.7 cm³/mol. The van der Waals surface area contributed by atoms with Gasteiger partial charge in [-0.3, -0.25) is 4.90 Å². The lowest BCUT2D eigenvalue weighted by molar-refractivity contribution is 0.142. The zero-order chi connectivity index (χ0) is 17.8. The molecule has 2 aliphatic heterocycles. The van der Waals surface area contributed by atoms with Crippen LogP contribution in [0, 0.1) is 0 Å². The highest BCUT2D eigenvalue weighted by molar-refractivity contribution is 5.55. The summed E-state index contributed by atoms with van der Waals surface area (Å²) in [6.07, 6.45) is 5.61. The third-order valence-corrected chi connectivity index (χ3v) is 5.09. The van der Waals surface area contributed by atoms with Crippen LogP contribution in [0.15, 0.2) is 34.9 Å². The number of hydrogen-bond acceptors (Lipinski definition) is 6. The summed E-state index contributed by atoms with van der Waals surface area (Å²) in [5, 5.41) is 3.58. The Hall–Kier alpha value is -2.18. The zero-order valence-corrected chi connectivity index (χ0v) is 15.2. The van der Waals surface area contributed by atoms with E-state index in [2.05, 4.69) is 16.3 Å². The Morgan fingerprint density at radius 2 is 2.08 bits per heavy atom. The second-order valence-corrected chi connectivity index (χ2v) is 6.79. The quantitative estimate of drug-likeness (QED) is 0.819. The third kappa shape index (κ3) is 3.66. The van der Waals surface area contributed by atoms with E-state index in [0.717, 1.165) is 49.0 Å². The maximum Gasteiger partial charge on any atom is 0.231 e. The van der Waals surface area contributed by atoms with E-state index in [1.54, 1.807) is 13.4 Å². The fraction of sp³-hybridized carbons (Fsp3) is 0.500. The van der Waals surface area contributed by atoms with Crippen molar-refractivity contribution >= 4 is 0 Å². The van der Waals surface area contributed by atoms with Crippen LogP contribution >= 0.6 is 0 Å². The highest BCUT2D eigenvalue weighted by Crippen LogP contribution is 2.41. The second kappa shape index (κ2) is 8.01. The molecule has 1 saturated heterocycles. The molecule has 6 heteroatoms. The van der Waals surface area contributed by atoms with Gasteiger partial charge in [0.2, 0.25) is 12.5 Å². The van der Waals surface area contributed by atoms with Gasteiger partial charge in [-0.25, -0.2) is 0 Å². The molecule has 0 saturated carbocycles. The summed E-state index contributed by atoms with van der Waals surface area (Å²) in [6, 6.07) is 8.32. The van der Waals surface area contributed by atoms with Crippen molar-refractivity contribution in [2.45, 2.75) is 31.8 Å². The molecule has 1 aromatic carbocycles. The normalized spacial score (nSPS) is 18.0. The molecule has 1 atom stereocenters. The number of rotatable bonds is 7. The standard InChI is InChI=1S/C20H26N2O4/c1-23-18-10-15(11-19-20(18)26-14-25-19)12-21-13-16(17-6-5-9-24-17)22-7-3-2-4-8-22/h5-6,9-11,16,21H,2-4,7-8,12-14H2,1H3. The van der Waals surface area contributed by atoms with Crippen LogP contribution in [0.2, 0.25) is 0 Å². The smallest absolute Gasteiger partial charge is 0.231 e. The summed E-state index contributed by atoms with van der Waals surface area (Å²) in [6.45, 7) is 4.08. The van der Waals surface area contributed by atoms with Gasteiger partial charge >= 0.3 is 0 Å². The molecule has 2 aromatic rings. The van der Waals surface area contributed by atoms with Gasteiger partial charge in [-0.15, -0.1) is 0 Å². The zero-order valence-electron chi connectivity index (χ0n) is 15.2. The van der Waals surface area contributed by atoms with E-state index in [-0.39, 0.29) is 12.8 Å². The summed E-state index contributed by atoms with van der Waals surface area (Å²) in [5.41, 5.74) is 1.11. The van der Waals surface area contributed by atoms with E-state index in [9.17, 15) is 0 Å². The van der Waals surface area contributed by atoms with E-state index >= 15 is 0 Å². The Bertz CT molecular complexity index is 711. The minimum Gasteiger partial charge on any atom is -0.493 e. The maximum atomic E-state index is 5.71. The number of likely N-dealkylation sites (tertiary alicyclic amines) is 1.